The van der Waals surface area contributed by atoms with Gasteiger partial charge in [-0.05, 0) is 24.6 Å². The Kier molecular flexibility index (Phi) is 6.64. The van der Waals surface area contributed by atoms with Crippen LogP contribution in [0.5, 0.6) is 0 Å². The maximum atomic E-state index is 11.7. The number of carbonyl (C=O) groups is 1. The van der Waals surface area contributed by atoms with Gasteiger partial charge in [-0.2, -0.15) is 0 Å². The van der Waals surface area contributed by atoms with Gasteiger partial charge in [0.15, 0.2) is 0 Å². The smallest absolute Gasteiger partial charge is 0.336 e. The van der Waals surface area contributed by atoms with Crippen LogP contribution in [0.3, 0.4) is 0 Å². The third-order valence-electron chi connectivity index (χ3n) is 3.90. The zero-order chi connectivity index (χ0) is 19.3. The number of nitrogens with one attached hydrogen (secondary N) is 1. The van der Waals surface area contributed by atoms with Crippen molar-refractivity contribution in [1.82, 2.24) is 0 Å². The van der Waals surface area contributed by atoms with Gasteiger partial charge in [-0.15, -0.1) is 0 Å². The molecule has 8 nitrogen and oxygen atoms in total. The molecule has 26 heavy (non-hydrogen) atoms. The molecule has 1 aromatic heterocycles. The van der Waals surface area contributed by atoms with Crippen molar-refractivity contribution in [1.29, 1.82) is 0 Å². The fourth-order valence-corrected chi connectivity index (χ4v) is 2.54. The predicted octanol–water partition coefficient (Wildman–Crippen LogP) is -0.120. The first-order valence-corrected chi connectivity index (χ1v) is 7.98. The van der Waals surface area contributed by atoms with E-state index in [0.29, 0.717) is 22.9 Å². The zero-order valence-electron chi connectivity index (χ0n) is 14.1. The molecule has 0 saturated carbocycles. The number of aldehydes is 1. The number of fused-ring (bicyclic) bond motifs is 1. The molecule has 5 N–H and O–H groups in total. The molecule has 0 fully saturated rings. The average Bonchev–Trinajstić information content (AvgIpc) is 2.64. The van der Waals surface area contributed by atoms with Crippen molar-refractivity contribution in [2.75, 3.05) is 11.9 Å². The van der Waals surface area contributed by atoms with Crippen LogP contribution < -0.4 is 10.9 Å². The van der Waals surface area contributed by atoms with Crippen molar-refractivity contribution < 1.29 is 29.6 Å². The van der Waals surface area contributed by atoms with Gasteiger partial charge in [-0.1, -0.05) is 12.2 Å². The van der Waals surface area contributed by atoms with Gasteiger partial charge in [-0.25, -0.2) is 4.79 Å². The van der Waals surface area contributed by atoms with Crippen LogP contribution in [0.15, 0.2) is 39.6 Å². The van der Waals surface area contributed by atoms with Gasteiger partial charge in [0, 0.05) is 23.2 Å². The Bertz CT molecular complexity index is 845. The fourth-order valence-electron chi connectivity index (χ4n) is 2.54. The molecule has 8 heteroatoms. The highest BCUT2D eigenvalue weighted by molar-refractivity contribution is 5.88. The number of hydrogen-bond acceptors (Lipinski definition) is 8. The van der Waals surface area contributed by atoms with Crippen LogP contribution in [-0.2, 0) is 4.79 Å². The Hall–Kier alpha value is -2.52. The summed E-state index contributed by atoms with van der Waals surface area (Å²) < 4.78 is 5.17. The summed E-state index contributed by atoms with van der Waals surface area (Å²) in [4.78, 5) is 22.9. The molecule has 0 saturated heterocycles. The number of benzene rings is 1. The normalized spacial score (nSPS) is 16.3. The quantitative estimate of drug-likeness (QED) is 0.323. The Morgan fingerprint density at radius 3 is 2.54 bits per heavy atom. The lowest BCUT2D eigenvalue weighted by molar-refractivity contribution is -0.117. The van der Waals surface area contributed by atoms with Crippen molar-refractivity contribution in [3.63, 3.8) is 0 Å². The van der Waals surface area contributed by atoms with Crippen LogP contribution in [0.2, 0.25) is 0 Å². The number of allylic oxidation sites excluding steroid dienone is 1. The first-order chi connectivity index (χ1) is 12.4. The Balaban J connectivity index is 2.32. The lowest BCUT2D eigenvalue weighted by atomic mass is 10.0. The van der Waals surface area contributed by atoms with E-state index in [1.165, 1.54) is 12.1 Å². The predicted molar refractivity (Wildman–Crippen MR) is 95.8 cm³/mol. The first kappa shape index (κ1) is 19.8. The largest absolute Gasteiger partial charge is 0.423 e. The van der Waals surface area contributed by atoms with Crippen molar-refractivity contribution in [2.45, 2.75) is 31.3 Å². The van der Waals surface area contributed by atoms with Crippen molar-refractivity contribution in [2.24, 2.45) is 0 Å². The lowest BCUT2D eigenvalue weighted by Crippen LogP contribution is -2.49. The van der Waals surface area contributed by atoms with Gasteiger partial charge in [0.25, 0.3) is 0 Å². The van der Waals surface area contributed by atoms with Crippen molar-refractivity contribution in [3.05, 3.63) is 46.3 Å². The monoisotopic (exact) mass is 363 g/mol. The highest BCUT2D eigenvalue weighted by atomic mass is 16.4. The molecule has 0 unspecified atom stereocenters. The van der Waals surface area contributed by atoms with E-state index >= 15 is 0 Å². The van der Waals surface area contributed by atoms with E-state index in [2.05, 4.69) is 5.32 Å². The summed E-state index contributed by atoms with van der Waals surface area (Å²) in [5, 5.41) is 41.4. The number of anilines is 1. The van der Waals surface area contributed by atoms with Crippen LogP contribution >= 0.6 is 0 Å². The molecule has 0 amide bonds. The van der Waals surface area contributed by atoms with Gasteiger partial charge in [0.05, 0.1) is 6.61 Å². The highest BCUT2D eigenvalue weighted by Gasteiger charge is 2.31. The van der Waals surface area contributed by atoms with Crippen LogP contribution in [0.1, 0.15) is 12.5 Å². The first-order valence-electron chi connectivity index (χ1n) is 7.98. The molecule has 1 aromatic carbocycles. The van der Waals surface area contributed by atoms with Crippen molar-refractivity contribution in [3.8, 4) is 0 Å². The molecule has 0 radical (unpaired) electrons. The molecule has 140 valence electrons. The summed E-state index contributed by atoms with van der Waals surface area (Å²) in [6.45, 7) is 1.05. The average molecular weight is 363 g/mol. The zero-order valence-corrected chi connectivity index (χ0v) is 14.1. The minimum Gasteiger partial charge on any atom is -0.423 e. The highest BCUT2D eigenvalue weighted by Crippen LogP contribution is 2.23. The van der Waals surface area contributed by atoms with Crippen molar-refractivity contribution >= 4 is 29.0 Å². The third kappa shape index (κ3) is 4.36. The number of rotatable bonds is 8. The lowest BCUT2D eigenvalue weighted by Gasteiger charge is -2.26. The molecule has 2 rings (SSSR count). The van der Waals surface area contributed by atoms with E-state index < -0.39 is 36.6 Å². The van der Waals surface area contributed by atoms with E-state index in [-0.39, 0.29) is 5.58 Å². The second-order valence-electron chi connectivity index (χ2n) is 5.77. The van der Waals surface area contributed by atoms with Crippen LogP contribution in [0.25, 0.3) is 17.0 Å². The van der Waals surface area contributed by atoms with Crippen LogP contribution in [-0.4, -0.2) is 57.7 Å². The summed E-state index contributed by atoms with van der Waals surface area (Å²) >= 11 is 0. The minimum absolute atomic E-state index is 0.283. The molecule has 0 aliphatic rings. The number of carbonyl (C=O) groups excluding carboxylic acids is 1. The van der Waals surface area contributed by atoms with Gasteiger partial charge >= 0.3 is 5.63 Å². The van der Waals surface area contributed by atoms with Gasteiger partial charge < -0.3 is 35.0 Å². The van der Waals surface area contributed by atoms with E-state index in [1.54, 1.807) is 24.3 Å². The van der Waals surface area contributed by atoms with E-state index in [0.717, 1.165) is 0 Å². The van der Waals surface area contributed by atoms with Crippen LogP contribution in [0.4, 0.5) is 5.69 Å². The molecule has 1 heterocycles. The van der Waals surface area contributed by atoms with E-state index in [9.17, 15) is 24.9 Å². The molecule has 2 aromatic rings. The molecular weight excluding hydrogens is 342 g/mol. The second kappa shape index (κ2) is 8.72. The minimum atomic E-state index is -1.72. The number of aliphatic hydroxyl groups excluding tert-OH is 4. The maximum absolute atomic E-state index is 11.7. The second-order valence-corrected chi connectivity index (χ2v) is 5.77. The molecular formula is C18H21NO7. The summed E-state index contributed by atoms with van der Waals surface area (Å²) in [7, 11) is 0. The standard InChI is InChI=1S/C18H21NO7/c1-2-3-10-6-16(23)26-15-7-11(4-5-12(10)15)19-13(8-20)17(24)18(25)14(22)9-21/h2-8,13-14,17-19,21-22,24-25H,9H2,1H3/t13-,14+,17+,18+/m0/s1. The van der Waals surface area contributed by atoms with Gasteiger partial charge in [0.2, 0.25) is 0 Å². The summed E-state index contributed by atoms with van der Waals surface area (Å²) in [5.41, 5.74) is 0.792. The van der Waals surface area contributed by atoms with Crippen LogP contribution in [0, 0.1) is 0 Å². The van der Waals surface area contributed by atoms with E-state index in [1.807, 2.05) is 6.92 Å². The fraction of sp³-hybridized carbons (Fsp3) is 0.333. The summed E-state index contributed by atoms with van der Waals surface area (Å²) in [6, 6.07) is 4.90. The summed E-state index contributed by atoms with van der Waals surface area (Å²) in [5.74, 6) is 0. The van der Waals surface area contributed by atoms with E-state index in [4.69, 9.17) is 9.52 Å². The Morgan fingerprint density at radius 2 is 1.92 bits per heavy atom. The Morgan fingerprint density at radius 1 is 1.19 bits per heavy atom. The number of aliphatic hydroxyl groups is 4. The molecule has 0 spiro atoms. The topological polar surface area (TPSA) is 140 Å². The Labute approximate surface area is 149 Å². The molecule has 0 bridgehead atoms. The third-order valence-corrected chi connectivity index (χ3v) is 3.90. The molecule has 0 aliphatic heterocycles. The SMILES string of the molecule is CC=Cc1cc(=O)oc2cc(N[C@@H](C=O)[C@@H](O)[C@H](O)[C@H](O)CO)ccc12. The maximum Gasteiger partial charge on any atom is 0.336 e. The number of hydrogen-bond donors (Lipinski definition) is 5. The van der Waals surface area contributed by atoms with Gasteiger partial charge in [0.1, 0.15) is 36.2 Å². The van der Waals surface area contributed by atoms with Gasteiger partial charge in [-0.3, -0.25) is 0 Å². The molecule has 4 atom stereocenters. The molecule has 0 aliphatic carbocycles. The summed E-state index contributed by atoms with van der Waals surface area (Å²) in [6.07, 6.45) is -1.06.